The van der Waals surface area contributed by atoms with Crippen LogP contribution in [0.2, 0.25) is 0 Å². The van der Waals surface area contributed by atoms with Crippen LogP contribution in [0.3, 0.4) is 0 Å². The van der Waals surface area contributed by atoms with Gasteiger partial charge in [-0.1, -0.05) is 12.1 Å². The van der Waals surface area contributed by atoms with Crippen LogP contribution in [0, 0.1) is 12.8 Å². The largest absolute Gasteiger partial charge is 0.393 e. The van der Waals surface area contributed by atoms with E-state index >= 15 is 0 Å². The third-order valence-electron chi connectivity index (χ3n) is 4.83. The van der Waals surface area contributed by atoms with E-state index < -0.39 is 0 Å². The highest BCUT2D eigenvalue weighted by atomic mass is 16.3. The number of hydrogen-bond donors (Lipinski definition) is 2. The van der Waals surface area contributed by atoms with Crippen LogP contribution in [0.5, 0.6) is 0 Å². The second kappa shape index (κ2) is 6.13. The Morgan fingerprint density at radius 2 is 2.32 bits per heavy atom. The van der Waals surface area contributed by atoms with Gasteiger partial charge in [0.1, 0.15) is 0 Å². The van der Waals surface area contributed by atoms with Gasteiger partial charge in [-0.05, 0) is 43.9 Å². The molecule has 1 aliphatic rings. The molecule has 1 aromatic heterocycles. The smallest absolute Gasteiger partial charge is 0.227 e. The quantitative estimate of drug-likeness (QED) is 0.915. The lowest BCUT2D eigenvalue weighted by atomic mass is 9.93. The molecule has 3 rings (SSSR count). The summed E-state index contributed by atoms with van der Waals surface area (Å²) >= 11 is 0. The number of aromatic nitrogens is 1. The van der Waals surface area contributed by atoms with Gasteiger partial charge in [0.15, 0.2) is 0 Å². The lowest BCUT2D eigenvalue weighted by Gasteiger charge is -2.34. The molecule has 1 aliphatic heterocycles. The third-order valence-corrected chi connectivity index (χ3v) is 4.83. The van der Waals surface area contributed by atoms with Crippen molar-refractivity contribution in [2.45, 2.75) is 39.2 Å². The standard InChI is InChI=1S/C18H24N2O2/c1-12-5-3-7-16-18(12)15(10-19-16)9-17(22)20-8-4-6-14(11-20)13(2)21/h3,5,7,10,13-14,19,21H,4,6,8-9,11H2,1-2H3. The molecule has 118 valence electrons. The first-order valence-corrected chi connectivity index (χ1v) is 8.07. The number of aryl methyl sites for hydroxylation is 1. The molecule has 22 heavy (non-hydrogen) atoms. The molecule has 2 N–H and O–H groups in total. The van der Waals surface area contributed by atoms with Crippen molar-refractivity contribution in [1.82, 2.24) is 9.88 Å². The van der Waals surface area contributed by atoms with E-state index in [-0.39, 0.29) is 17.9 Å². The van der Waals surface area contributed by atoms with E-state index in [0.717, 1.165) is 30.5 Å². The summed E-state index contributed by atoms with van der Waals surface area (Å²) in [5, 5.41) is 10.9. The molecular formula is C18H24N2O2. The summed E-state index contributed by atoms with van der Waals surface area (Å²) in [5.74, 6) is 0.372. The summed E-state index contributed by atoms with van der Waals surface area (Å²) in [6.45, 7) is 5.39. The Bertz CT molecular complexity index is 675. The van der Waals surface area contributed by atoms with Crippen LogP contribution in [0.1, 0.15) is 30.9 Å². The second-order valence-corrected chi connectivity index (χ2v) is 6.47. The lowest BCUT2D eigenvalue weighted by Crippen LogP contribution is -2.43. The Morgan fingerprint density at radius 3 is 3.09 bits per heavy atom. The normalized spacial score (nSPS) is 20.3. The maximum absolute atomic E-state index is 12.6. The van der Waals surface area contributed by atoms with E-state index in [4.69, 9.17) is 0 Å². The fourth-order valence-electron chi connectivity index (χ4n) is 3.50. The number of aromatic amines is 1. The number of amides is 1. The average molecular weight is 300 g/mol. The first-order chi connectivity index (χ1) is 10.6. The number of benzene rings is 1. The molecule has 0 spiro atoms. The topological polar surface area (TPSA) is 56.3 Å². The number of carbonyl (C=O) groups is 1. The number of aliphatic hydroxyl groups is 1. The molecular weight excluding hydrogens is 276 g/mol. The highest BCUT2D eigenvalue weighted by Crippen LogP contribution is 2.24. The van der Waals surface area contributed by atoms with Crippen LogP contribution in [-0.2, 0) is 11.2 Å². The highest BCUT2D eigenvalue weighted by Gasteiger charge is 2.26. The Labute approximate surface area is 131 Å². The lowest BCUT2D eigenvalue weighted by molar-refractivity contribution is -0.133. The molecule has 1 saturated heterocycles. The predicted octanol–water partition coefficient (Wildman–Crippen LogP) is 2.64. The van der Waals surface area contributed by atoms with Gasteiger partial charge in [-0.3, -0.25) is 4.79 Å². The van der Waals surface area contributed by atoms with Crippen molar-refractivity contribution in [2.75, 3.05) is 13.1 Å². The number of nitrogens with one attached hydrogen (secondary N) is 1. The Hall–Kier alpha value is -1.81. The van der Waals surface area contributed by atoms with Crippen LogP contribution in [0.4, 0.5) is 0 Å². The fraction of sp³-hybridized carbons (Fsp3) is 0.500. The van der Waals surface area contributed by atoms with Gasteiger partial charge in [-0.25, -0.2) is 0 Å². The van der Waals surface area contributed by atoms with Gasteiger partial charge in [-0.15, -0.1) is 0 Å². The zero-order valence-corrected chi connectivity index (χ0v) is 13.3. The number of fused-ring (bicyclic) bond motifs is 1. The summed E-state index contributed by atoms with van der Waals surface area (Å²) in [5.41, 5.74) is 3.35. The second-order valence-electron chi connectivity index (χ2n) is 6.47. The molecule has 4 heteroatoms. The van der Waals surface area contributed by atoms with E-state index in [1.54, 1.807) is 0 Å². The molecule has 0 saturated carbocycles. The molecule has 2 heterocycles. The van der Waals surface area contributed by atoms with Crippen molar-refractivity contribution >= 4 is 16.8 Å². The van der Waals surface area contributed by atoms with E-state index in [1.165, 1.54) is 10.9 Å². The minimum atomic E-state index is -0.342. The number of H-pyrrole nitrogens is 1. The van der Waals surface area contributed by atoms with Crippen molar-refractivity contribution in [3.8, 4) is 0 Å². The van der Waals surface area contributed by atoms with Gasteiger partial charge in [0.2, 0.25) is 5.91 Å². The van der Waals surface area contributed by atoms with Crippen LogP contribution < -0.4 is 0 Å². The van der Waals surface area contributed by atoms with Gasteiger partial charge in [-0.2, -0.15) is 0 Å². The number of rotatable bonds is 3. The van der Waals surface area contributed by atoms with Crippen molar-refractivity contribution in [3.05, 3.63) is 35.5 Å². The van der Waals surface area contributed by atoms with Gasteiger partial charge >= 0.3 is 0 Å². The fourth-order valence-corrected chi connectivity index (χ4v) is 3.50. The highest BCUT2D eigenvalue weighted by molar-refractivity contribution is 5.91. The summed E-state index contributed by atoms with van der Waals surface area (Å²) in [4.78, 5) is 17.8. The van der Waals surface area contributed by atoms with Crippen LogP contribution >= 0.6 is 0 Å². The first-order valence-electron chi connectivity index (χ1n) is 8.07. The van der Waals surface area contributed by atoms with Crippen LogP contribution in [0.25, 0.3) is 10.9 Å². The van der Waals surface area contributed by atoms with E-state index in [9.17, 15) is 9.90 Å². The van der Waals surface area contributed by atoms with Crippen molar-refractivity contribution in [3.63, 3.8) is 0 Å². The van der Waals surface area contributed by atoms with Gasteiger partial charge in [0.05, 0.1) is 12.5 Å². The molecule has 0 aliphatic carbocycles. The van der Waals surface area contributed by atoms with Gasteiger partial charge < -0.3 is 15.0 Å². The molecule has 4 nitrogen and oxygen atoms in total. The predicted molar refractivity (Wildman–Crippen MR) is 87.7 cm³/mol. The van der Waals surface area contributed by atoms with Gasteiger partial charge in [0.25, 0.3) is 0 Å². The number of likely N-dealkylation sites (tertiary alicyclic amines) is 1. The van der Waals surface area contributed by atoms with Crippen molar-refractivity contribution in [1.29, 1.82) is 0 Å². The molecule has 1 fully saturated rings. The first kappa shape index (κ1) is 15.1. The molecule has 0 bridgehead atoms. The molecule has 2 aromatic rings. The number of hydrogen-bond acceptors (Lipinski definition) is 2. The minimum Gasteiger partial charge on any atom is -0.393 e. The summed E-state index contributed by atoms with van der Waals surface area (Å²) in [6, 6.07) is 6.15. The van der Waals surface area contributed by atoms with Crippen LogP contribution in [0.15, 0.2) is 24.4 Å². The summed E-state index contributed by atoms with van der Waals surface area (Å²) < 4.78 is 0. The monoisotopic (exact) mass is 300 g/mol. The number of piperidine rings is 1. The number of nitrogens with zero attached hydrogens (tertiary/aromatic N) is 1. The van der Waals surface area contributed by atoms with E-state index in [1.807, 2.05) is 30.2 Å². The maximum Gasteiger partial charge on any atom is 0.227 e. The zero-order chi connectivity index (χ0) is 15.7. The minimum absolute atomic E-state index is 0.162. The van der Waals surface area contributed by atoms with Crippen molar-refractivity contribution < 1.29 is 9.90 Å². The molecule has 1 amide bonds. The summed E-state index contributed by atoms with van der Waals surface area (Å²) in [6.07, 6.45) is 4.02. The van der Waals surface area contributed by atoms with E-state index in [2.05, 4.69) is 18.0 Å². The zero-order valence-electron chi connectivity index (χ0n) is 13.3. The summed E-state index contributed by atoms with van der Waals surface area (Å²) in [7, 11) is 0. The molecule has 0 radical (unpaired) electrons. The van der Waals surface area contributed by atoms with Crippen molar-refractivity contribution in [2.24, 2.45) is 5.92 Å². The molecule has 1 aromatic carbocycles. The van der Waals surface area contributed by atoms with E-state index in [0.29, 0.717) is 13.0 Å². The maximum atomic E-state index is 12.6. The molecule has 2 atom stereocenters. The SMILES string of the molecule is Cc1cccc2[nH]cc(CC(=O)N3CCCC(C(C)O)C3)c12. The Morgan fingerprint density at radius 1 is 1.50 bits per heavy atom. The Kier molecular flexibility index (Phi) is 4.21. The molecule has 2 unspecified atom stereocenters. The van der Waals surface area contributed by atoms with Gasteiger partial charge in [0, 0.05) is 36.1 Å². The number of carbonyl (C=O) groups excluding carboxylic acids is 1. The third kappa shape index (κ3) is 2.88. The average Bonchev–Trinajstić information content (AvgIpc) is 2.92. The number of aliphatic hydroxyl groups excluding tert-OH is 1. The van der Waals surface area contributed by atoms with Crippen LogP contribution in [-0.4, -0.2) is 40.1 Å². The Balaban J connectivity index is 1.76.